The number of piperidine rings is 2. The van der Waals surface area contributed by atoms with Gasteiger partial charge in [-0.2, -0.15) is 0 Å². The first kappa shape index (κ1) is 23.4. The molecule has 0 aromatic heterocycles. The number of nitrogens with zero attached hydrogens (tertiary/aromatic N) is 2. The van der Waals surface area contributed by atoms with E-state index in [4.69, 9.17) is 0 Å². The molecule has 1 aromatic carbocycles. The fourth-order valence-electron chi connectivity index (χ4n) is 5.68. The van der Waals surface area contributed by atoms with Crippen molar-refractivity contribution < 1.29 is 28.4 Å². The third kappa shape index (κ3) is 4.41. The normalized spacial score (nSPS) is 23.6. The van der Waals surface area contributed by atoms with Crippen molar-refractivity contribution in [1.29, 1.82) is 0 Å². The second kappa shape index (κ2) is 9.39. The summed E-state index contributed by atoms with van der Waals surface area (Å²) in [7, 11) is 0. The monoisotopic (exact) mass is 484 g/mol. The highest BCUT2D eigenvalue weighted by molar-refractivity contribution is 6.23. The fraction of sp³-hybridized carbons (Fsp3) is 0.560. The van der Waals surface area contributed by atoms with Crippen LogP contribution in [0.25, 0.3) is 0 Å². The van der Waals surface area contributed by atoms with Gasteiger partial charge in [0, 0.05) is 32.0 Å². The number of benzene rings is 1. The molecule has 35 heavy (non-hydrogen) atoms. The lowest BCUT2D eigenvalue weighted by atomic mass is 9.95. The predicted molar refractivity (Wildman–Crippen MR) is 123 cm³/mol. The van der Waals surface area contributed by atoms with E-state index >= 15 is 4.39 Å². The summed E-state index contributed by atoms with van der Waals surface area (Å²) in [5, 5.41) is 5.23. The Hall–Kier alpha value is -3.30. The van der Waals surface area contributed by atoms with E-state index in [2.05, 4.69) is 10.6 Å². The zero-order valence-electron chi connectivity index (χ0n) is 19.5. The van der Waals surface area contributed by atoms with Crippen LogP contribution in [0.15, 0.2) is 12.1 Å². The Labute approximate surface area is 202 Å². The molecule has 5 amide bonds. The molecule has 4 aliphatic rings. The van der Waals surface area contributed by atoms with E-state index in [0.29, 0.717) is 25.6 Å². The number of amides is 5. The number of nitrogens with one attached hydrogen (secondary N) is 2. The minimum Gasteiger partial charge on any atom is -0.369 e. The Morgan fingerprint density at radius 2 is 1.63 bits per heavy atom. The summed E-state index contributed by atoms with van der Waals surface area (Å²) in [5.41, 5.74) is 0.260. The summed E-state index contributed by atoms with van der Waals surface area (Å²) in [5.74, 6) is -2.53. The first-order valence-corrected chi connectivity index (χ1v) is 12.4. The standard InChI is InChI=1S/C25H29FN4O5/c26-18-11-16-17(25(35)30(24(16)34)19-5-6-21(31)28-23(19)33)12-20(18)29-9-7-14(8-10-29)13-27-22(32)15-3-1-2-4-15/h11-12,14-15,19H,1-10,13H2,(H,27,32)(H,28,31,33). The highest BCUT2D eigenvalue weighted by Gasteiger charge is 2.45. The smallest absolute Gasteiger partial charge is 0.262 e. The van der Waals surface area contributed by atoms with Gasteiger partial charge in [-0.3, -0.25) is 34.2 Å². The van der Waals surface area contributed by atoms with Gasteiger partial charge in [-0.15, -0.1) is 0 Å². The highest BCUT2D eigenvalue weighted by atomic mass is 19.1. The summed E-state index contributed by atoms with van der Waals surface area (Å²) in [6.07, 6.45) is 5.78. The number of hydrogen-bond acceptors (Lipinski definition) is 6. The van der Waals surface area contributed by atoms with Crippen LogP contribution in [0.2, 0.25) is 0 Å². The molecule has 5 rings (SSSR count). The van der Waals surface area contributed by atoms with E-state index < -0.39 is 35.5 Å². The summed E-state index contributed by atoms with van der Waals surface area (Å²) < 4.78 is 15.0. The third-order valence-electron chi connectivity index (χ3n) is 7.75. The van der Waals surface area contributed by atoms with Crippen molar-refractivity contribution in [3.8, 4) is 0 Å². The van der Waals surface area contributed by atoms with E-state index in [1.807, 2.05) is 4.90 Å². The lowest BCUT2D eigenvalue weighted by Crippen LogP contribution is -2.54. The van der Waals surface area contributed by atoms with Crippen molar-refractivity contribution in [3.05, 3.63) is 29.1 Å². The van der Waals surface area contributed by atoms with Crippen LogP contribution in [0, 0.1) is 17.7 Å². The zero-order chi connectivity index (χ0) is 24.7. The molecular formula is C25H29FN4O5. The van der Waals surface area contributed by atoms with E-state index in [0.717, 1.165) is 49.5 Å². The second-order valence-electron chi connectivity index (χ2n) is 9.95. The van der Waals surface area contributed by atoms with Crippen molar-refractivity contribution in [1.82, 2.24) is 15.5 Å². The van der Waals surface area contributed by atoms with Crippen LogP contribution in [0.3, 0.4) is 0 Å². The Morgan fingerprint density at radius 1 is 0.971 bits per heavy atom. The molecule has 3 heterocycles. The van der Waals surface area contributed by atoms with Gasteiger partial charge in [-0.25, -0.2) is 4.39 Å². The number of fused-ring (bicyclic) bond motifs is 1. The van der Waals surface area contributed by atoms with Gasteiger partial charge in [0.2, 0.25) is 17.7 Å². The average Bonchev–Trinajstić information content (AvgIpc) is 3.46. The molecule has 186 valence electrons. The first-order valence-electron chi connectivity index (χ1n) is 12.4. The molecule has 1 aliphatic carbocycles. The zero-order valence-corrected chi connectivity index (χ0v) is 19.5. The van der Waals surface area contributed by atoms with Crippen molar-refractivity contribution in [2.75, 3.05) is 24.5 Å². The molecule has 3 aliphatic heterocycles. The number of rotatable bonds is 5. The first-order chi connectivity index (χ1) is 16.8. The maximum Gasteiger partial charge on any atom is 0.262 e. The Kier molecular flexibility index (Phi) is 6.29. The number of carbonyl (C=O) groups is 5. The molecule has 3 fully saturated rings. The maximum atomic E-state index is 15.0. The summed E-state index contributed by atoms with van der Waals surface area (Å²) >= 11 is 0. The molecule has 2 N–H and O–H groups in total. The molecule has 1 atom stereocenters. The van der Waals surface area contributed by atoms with Gasteiger partial charge in [0.05, 0.1) is 16.8 Å². The summed E-state index contributed by atoms with van der Waals surface area (Å²) in [6, 6.07) is 1.39. The van der Waals surface area contributed by atoms with E-state index in [1.165, 1.54) is 6.07 Å². The molecule has 10 heteroatoms. The summed E-state index contributed by atoms with van der Waals surface area (Å²) in [4.78, 5) is 64.6. The number of carbonyl (C=O) groups excluding carboxylic acids is 5. The molecule has 2 saturated heterocycles. The topological polar surface area (TPSA) is 116 Å². The molecule has 1 aromatic rings. The third-order valence-corrected chi connectivity index (χ3v) is 7.75. The molecule has 0 bridgehead atoms. The minimum absolute atomic E-state index is 0.0273. The van der Waals surface area contributed by atoms with Crippen LogP contribution < -0.4 is 15.5 Å². The molecule has 9 nitrogen and oxygen atoms in total. The fourth-order valence-corrected chi connectivity index (χ4v) is 5.68. The van der Waals surface area contributed by atoms with E-state index in [1.54, 1.807) is 0 Å². The van der Waals surface area contributed by atoms with Crippen LogP contribution in [0.5, 0.6) is 0 Å². The van der Waals surface area contributed by atoms with Crippen LogP contribution in [0.1, 0.15) is 72.1 Å². The van der Waals surface area contributed by atoms with Gasteiger partial charge in [0.1, 0.15) is 11.9 Å². The van der Waals surface area contributed by atoms with Crippen molar-refractivity contribution in [3.63, 3.8) is 0 Å². The second-order valence-corrected chi connectivity index (χ2v) is 9.95. The van der Waals surface area contributed by atoms with E-state index in [9.17, 15) is 24.0 Å². The maximum absolute atomic E-state index is 15.0. The SMILES string of the molecule is O=C1CCC(N2C(=O)c3cc(F)c(N4CCC(CNC(=O)C5CCCC5)CC4)cc3C2=O)C(=O)N1. The lowest BCUT2D eigenvalue weighted by Gasteiger charge is -2.34. The van der Waals surface area contributed by atoms with Gasteiger partial charge in [0.25, 0.3) is 11.8 Å². The van der Waals surface area contributed by atoms with Crippen molar-refractivity contribution in [2.45, 2.75) is 57.4 Å². The van der Waals surface area contributed by atoms with E-state index in [-0.39, 0.29) is 41.5 Å². The Bertz CT molecular complexity index is 1090. The molecule has 0 radical (unpaired) electrons. The quantitative estimate of drug-likeness (QED) is 0.616. The molecule has 1 unspecified atom stereocenters. The van der Waals surface area contributed by atoms with Crippen LogP contribution >= 0.6 is 0 Å². The number of halogens is 1. The average molecular weight is 485 g/mol. The van der Waals surface area contributed by atoms with Gasteiger partial charge in [-0.1, -0.05) is 12.8 Å². The van der Waals surface area contributed by atoms with Crippen LogP contribution in [-0.2, 0) is 14.4 Å². The van der Waals surface area contributed by atoms with Gasteiger partial charge in [-0.05, 0) is 50.2 Å². The largest absolute Gasteiger partial charge is 0.369 e. The minimum atomic E-state index is -1.08. The highest BCUT2D eigenvalue weighted by Crippen LogP contribution is 2.34. The molecule has 1 saturated carbocycles. The van der Waals surface area contributed by atoms with Gasteiger partial charge >= 0.3 is 0 Å². The van der Waals surface area contributed by atoms with Crippen LogP contribution in [-0.4, -0.2) is 60.1 Å². The summed E-state index contributed by atoms with van der Waals surface area (Å²) in [6.45, 7) is 1.75. The van der Waals surface area contributed by atoms with Gasteiger partial charge in [0.15, 0.2) is 0 Å². The predicted octanol–water partition coefficient (Wildman–Crippen LogP) is 1.75. The Balaban J connectivity index is 1.24. The van der Waals surface area contributed by atoms with Crippen molar-refractivity contribution in [2.24, 2.45) is 11.8 Å². The molecule has 0 spiro atoms. The number of anilines is 1. The van der Waals surface area contributed by atoms with Crippen molar-refractivity contribution >= 4 is 35.2 Å². The van der Waals surface area contributed by atoms with Crippen LogP contribution in [0.4, 0.5) is 10.1 Å². The number of hydrogen-bond donors (Lipinski definition) is 2. The molecular weight excluding hydrogens is 455 g/mol. The lowest BCUT2D eigenvalue weighted by molar-refractivity contribution is -0.136. The van der Waals surface area contributed by atoms with Gasteiger partial charge < -0.3 is 10.2 Å². The Morgan fingerprint density at radius 3 is 2.29 bits per heavy atom. The number of imide groups is 2.